The van der Waals surface area contributed by atoms with Gasteiger partial charge in [0.25, 0.3) is 5.72 Å². The minimum atomic E-state index is -4.91. The molecule has 1 heterocycles. The number of nitrogens with zero attached hydrogens (tertiary/aromatic N) is 2. The van der Waals surface area contributed by atoms with E-state index >= 15 is 0 Å². The summed E-state index contributed by atoms with van der Waals surface area (Å²) >= 11 is 0. The molecule has 1 saturated carbocycles. The second kappa shape index (κ2) is 5.35. The summed E-state index contributed by atoms with van der Waals surface area (Å²) in [6, 6.07) is 0. The van der Waals surface area contributed by atoms with Crippen LogP contribution in [0.1, 0.15) is 51.9 Å². The van der Waals surface area contributed by atoms with Crippen LogP contribution in [0.25, 0.3) is 0 Å². The fraction of sp³-hybridized carbons (Fsp3) is 0.846. The van der Waals surface area contributed by atoms with Crippen LogP contribution >= 0.6 is 0 Å². The molecular weight excluding hydrogens is 273 g/mol. The first-order valence-electron chi connectivity index (χ1n) is 6.99. The van der Waals surface area contributed by atoms with E-state index in [1.807, 2.05) is 0 Å². The van der Waals surface area contributed by atoms with Gasteiger partial charge in [0.2, 0.25) is 5.91 Å². The molecule has 0 aromatic rings. The largest absolute Gasteiger partial charge is 0.438 e. The number of carbonyl (C=O) groups excluding carboxylic acids is 1. The first-order chi connectivity index (χ1) is 9.29. The van der Waals surface area contributed by atoms with Crippen molar-refractivity contribution in [3.05, 3.63) is 0 Å². The summed E-state index contributed by atoms with van der Waals surface area (Å²) in [7, 11) is 0. The number of hydrogen-bond acceptors (Lipinski definition) is 3. The lowest BCUT2D eigenvalue weighted by molar-refractivity contribution is -0.303. The minimum Gasteiger partial charge on any atom is -0.362 e. The van der Waals surface area contributed by atoms with Crippen molar-refractivity contribution >= 4 is 11.6 Å². The molecule has 1 aliphatic heterocycles. The predicted molar refractivity (Wildman–Crippen MR) is 66.8 cm³/mol. The fourth-order valence-corrected chi connectivity index (χ4v) is 2.79. The average molecular weight is 292 g/mol. The maximum absolute atomic E-state index is 13.1. The Balaban J connectivity index is 2.25. The first-order valence-corrected chi connectivity index (χ1v) is 6.99. The number of alkyl halides is 3. The normalized spacial score (nSPS) is 28.6. The summed E-state index contributed by atoms with van der Waals surface area (Å²) in [5.74, 6) is -1.16. The molecule has 20 heavy (non-hydrogen) atoms. The van der Waals surface area contributed by atoms with Crippen molar-refractivity contribution in [2.75, 3.05) is 0 Å². The molecule has 4 nitrogen and oxygen atoms in total. The zero-order valence-corrected chi connectivity index (χ0v) is 11.4. The molecule has 0 radical (unpaired) electrons. The predicted octanol–water partition coefficient (Wildman–Crippen LogP) is 2.82. The third-order valence-electron chi connectivity index (χ3n) is 4.07. The molecule has 7 heteroatoms. The Morgan fingerprint density at radius 1 is 1.40 bits per heavy atom. The van der Waals surface area contributed by atoms with E-state index in [-0.39, 0.29) is 12.1 Å². The number of carbonyl (C=O) groups is 1. The van der Waals surface area contributed by atoms with Crippen molar-refractivity contribution in [2.45, 2.75) is 63.8 Å². The van der Waals surface area contributed by atoms with Gasteiger partial charge in [0.1, 0.15) is 0 Å². The molecule has 0 aromatic heterocycles. The van der Waals surface area contributed by atoms with E-state index in [0.717, 1.165) is 19.3 Å². The first kappa shape index (κ1) is 15.3. The van der Waals surface area contributed by atoms with Gasteiger partial charge in [0, 0.05) is 18.1 Å². The maximum Gasteiger partial charge on any atom is 0.438 e. The van der Waals surface area contributed by atoms with Gasteiger partial charge in [-0.3, -0.25) is 4.79 Å². The Morgan fingerprint density at radius 2 is 2.00 bits per heavy atom. The summed E-state index contributed by atoms with van der Waals surface area (Å²) in [6.45, 7) is 1.66. The molecule has 1 atom stereocenters. The van der Waals surface area contributed by atoms with Crippen molar-refractivity contribution in [2.24, 2.45) is 11.0 Å². The number of aliphatic hydroxyl groups is 1. The van der Waals surface area contributed by atoms with E-state index in [1.54, 1.807) is 6.92 Å². The van der Waals surface area contributed by atoms with Gasteiger partial charge in [0.05, 0.1) is 0 Å². The van der Waals surface area contributed by atoms with E-state index in [1.165, 1.54) is 0 Å². The van der Waals surface area contributed by atoms with Crippen LogP contribution in [0.4, 0.5) is 13.2 Å². The van der Waals surface area contributed by atoms with Crippen LogP contribution in [0.5, 0.6) is 0 Å². The quantitative estimate of drug-likeness (QED) is 0.851. The summed E-state index contributed by atoms with van der Waals surface area (Å²) < 4.78 is 39.3. The molecule has 1 amide bonds. The van der Waals surface area contributed by atoms with Gasteiger partial charge in [0.15, 0.2) is 0 Å². The molecule has 2 rings (SSSR count). The SMILES string of the molecule is CCC1=NN(C(=O)C2CCCCC2)C(O)(C(F)(F)F)C1. The van der Waals surface area contributed by atoms with Crippen LogP contribution in [0.15, 0.2) is 5.10 Å². The highest BCUT2D eigenvalue weighted by atomic mass is 19.4. The van der Waals surface area contributed by atoms with Crippen LogP contribution in [-0.2, 0) is 4.79 Å². The molecule has 1 aliphatic carbocycles. The second-order valence-electron chi connectivity index (χ2n) is 5.50. The lowest BCUT2D eigenvalue weighted by atomic mass is 9.88. The smallest absolute Gasteiger partial charge is 0.362 e. The van der Waals surface area contributed by atoms with E-state index in [4.69, 9.17) is 0 Å². The van der Waals surface area contributed by atoms with Crippen LogP contribution in [0, 0.1) is 5.92 Å². The summed E-state index contributed by atoms with van der Waals surface area (Å²) in [5, 5.41) is 14.0. The Morgan fingerprint density at radius 3 is 2.50 bits per heavy atom. The number of amides is 1. The molecule has 2 aliphatic rings. The standard InChI is InChI=1S/C13H19F3N2O2/c1-2-10-8-12(20,13(14,15)16)18(17-10)11(19)9-6-4-3-5-7-9/h9,20H,2-8H2,1H3. The lowest BCUT2D eigenvalue weighted by Gasteiger charge is -2.35. The van der Waals surface area contributed by atoms with Crippen molar-refractivity contribution in [1.29, 1.82) is 0 Å². The van der Waals surface area contributed by atoms with Crippen molar-refractivity contribution in [1.82, 2.24) is 5.01 Å². The summed E-state index contributed by atoms with van der Waals surface area (Å²) in [6.07, 6.45) is -1.47. The Kier molecular flexibility index (Phi) is 4.09. The van der Waals surface area contributed by atoms with Gasteiger partial charge in [-0.25, -0.2) is 0 Å². The van der Waals surface area contributed by atoms with Gasteiger partial charge in [-0.15, -0.1) is 0 Å². The zero-order valence-electron chi connectivity index (χ0n) is 11.4. The number of halogens is 3. The highest BCUT2D eigenvalue weighted by Crippen LogP contribution is 2.42. The van der Waals surface area contributed by atoms with E-state index in [9.17, 15) is 23.1 Å². The highest BCUT2D eigenvalue weighted by molar-refractivity contribution is 5.91. The van der Waals surface area contributed by atoms with Crippen molar-refractivity contribution in [3.63, 3.8) is 0 Å². The molecule has 0 aromatic carbocycles. The zero-order chi connectivity index (χ0) is 15.0. The molecule has 1 N–H and O–H groups in total. The number of rotatable bonds is 2. The minimum absolute atomic E-state index is 0.203. The second-order valence-corrected chi connectivity index (χ2v) is 5.50. The molecule has 0 bridgehead atoms. The molecule has 1 unspecified atom stereocenters. The van der Waals surface area contributed by atoms with Gasteiger partial charge < -0.3 is 5.11 Å². The molecule has 114 valence electrons. The van der Waals surface area contributed by atoms with E-state index in [2.05, 4.69) is 5.10 Å². The third kappa shape index (κ3) is 2.55. The fourth-order valence-electron chi connectivity index (χ4n) is 2.79. The molecule has 1 fully saturated rings. The van der Waals surface area contributed by atoms with Crippen molar-refractivity contribution in [3.8, 4) is 0 Å². The Bertz CT molecular complexity index is 416. The maximum atomic E-state index is 13.1. The number of hydrogen-bond donors (Lipinski definition) is 1. The average Bonchev–Trinajstić information content (AvgIpc) is 2.77. The molecular formula is C13H19F3N2O2. The number of hydrazone groups is 1. The van der Waals surface area contributed by atoms with Gasteiger partial charge in [-0.1, -0.05) is 26.2 Å². The van der Waals surface area contributed by atoms with Gasteiger partial charge >= 0.3 is 6.18 Å². The van der Waals surface area contributed by atoms with Gasteiger partial charge in [-0.05, 0) is 19.3 Å². The Labute approximate surface area is 115 Å². The summed E-state index contributed by atoms with van der Waals surface area (Å²) in [5.41, 5.74) is -2.97. The monoisotopic (exact) mass is 292 g/mol. The van der Waals surface area contributed by atoms with Crippen LogP contribution in [-0.4, -0.2) is 33.6 Å². The van der Waals surface area contributed by atoms with Gasteiger partial charge in [-0.2, -0.15) is 23.3 Å². The van der Waals surface area contributed by atoms with Crippen LogP contribution in [0.2, 0.25) is 0 Å². The van der Waals surface area contributed by atoms with Crippen LogP contribution < -0.4 is 0 Å². The third-order valence-corrected chi connectivity index (χ3v) is 4.07. The Hall–Kier alpha value is -1.11. The lowest BCUT2D eigenvalue weighted by Crippen LogP contribution is -2.57. The summed E-state index contributed by atoms with van der Waals surface area (Å²) in [4.78, 5) is 12.3. The van der Waals surface area contributed by atoms with Crippen LogP contribution in [0.3, 0.4) is 0 Å². The molecule has 0 spiro atoms. The topological polar surface area (TPSA) is 52.9 Å². The highest BCUT2D eigenvalue weighted by Gasteiger charge is 2.63. The van der Waals surface area contributed by atoms with Crippen molar-refractivity contribution < 1.29 is 23.1 Å². The van der Waals surface area contributed by atoms with E-state index < -0.39 is 30.1 Å². The molecule has 0 saturated heterocycles. The van der Waals surface area contributed by atoms with E-state index in [0.29, 0.717) is 17.9 Å².